The number of aromatic nitrogens is 4. The molecule has 0 aliphatic rings. The molecule has 23 heavy (non-hydrogen) atoms. The second-order valence-corrected chi connectivity index (χ2v) is 5.69. The molecule has 114 valence electrons. The highest BCUT2D eigenvalue weighted by molar-refractivity contribution is 6.30. The van der Waals surface area contributed by atoms with E-state index in [0.717, 1.165) is 27.9 Å². The molecule has 5 nitrogen and oxygen atoms in total. The number of halogens is 1. The minimum atomic E-state index is 0.290. The van der Waals surface area contributed by atoms with E-state index < -0.39 is 0 Å². The highest BCUT2D eigenvalue weighted by Crippen LogP contribution is 2.23. The van der Waals surface area contributed by atoms with Gasteiger partial charge in [0.05, 0.1) is 5.52 Å². The van der Waals surface area contributed by atoms with Crippen molar-refractivity contribution in [2.75, 3.05) is 0 Å². The minimum Gasteiger partial charge on any atom is -0.485 e. The monoisotopic (exact) mass is 324 g/mol. The smallest absolute Gasteiger partial charge is 0.189 e. The molecule has 2 heterocycles. The number of ether oxygens (including phenoxy) is 1. The first-order valence-electron chi connectivity index (χ1n) is 7.19. The van der Waals surface area contributed by atoms with Crippen molar-refractivity contribution in [1.82, 2.24) is 19.6 Å². The molecule has 0 radical (unpaired) electrons. The Bertz CT molecular complexity index is 1010. The number of hydrogen-bond donors (Lipinski definition) is 0. The number of hydrogen-bond acceptors (Lipinski definition) is 4. The summed E-state index contributed by atoms with van der Waals surface area (Å²) in [4.78, 5) is 8.93. The van der Waals surface area contributed by atoms with E-state index in [1.54, 1.807) is 16.9 Å². The summed E-state index contributed by atoms with van der Waals surface area (Å²) >= 11 is 5.95. The lowest BCUT2D eigenvalue weighted by molar-refractivity contribution is 0.294. The molecule has 4 aromatic rings. The lowest BCUT2D eigenvalue weighted by Crippen LogP contribution is -1.99. The Morgan fingerprint density at radius 1 is 1.17 bits per heavy atom. The van der Waals surface area contributed by atoms with Crippen LogP contribution in [0.2, 0.25) is 5.02 Å². The Morgan fingerprint density at radius 2 is 2.04 bits per heavy atom. The van der Waals surface area contributed by atoms with E-state index in [0.29, 0.717) is 17.5 Å². The zero-order valence-corrected chi connectivity index (χ0v) is 13.2. The van der Waals surface area contributed by atoms with Crippen molar-refractivity contribution < 1.29 is 4.74 Å². The van der Waals surface area contributed by atoms with Crippen LogP contribution in [0.25, 0.3) is 16.6 Å². The molecule has 0 saturated carbocycles. The predicted molar refractivity (Wildman–Crippen MR) is 88.8 cm³/mol. The van der Waals surface area contributed by atoms with Gasteiger partial charge < -0.3 is 4.74 Å². The Labute approximate surface area is 137 Å². The maximum Gasteiger partial charge on any atom is 0.189 e. The number of benzene rings is 2. The molecule has 2 aromatic carbocycles. The molecular formula is C17H13ClN4O. The molecule has 0 spiro atoms. The van der Waals surface area contributed by atoms with Gasteiger partial charge in [0.15, 0.2) is 11.5 Å². The van der Waals surface area contributed by atoms with Gasteiger partial charge >= 0.3 is 0 Å². The van der Waals surface area contributed by atoms with E-state index >= 15 is 0 Å². The average molecular weight is 325 g/mol. The van der Waals surface area contributed by atoms with Gasteiger partial charge in [0.2, 0.25) is 0 Å². The van der Waals surface area contributed by atoms with Crippen molar-refractivity contribution in [3.05, 3.63) is 65.2 Å². The minimum absolute atomic E-state index is 0.290. The second-order valence-electron chi connectivity index (χ2n) is 5.26. The molecule has 0 saturated heterocycles. The maximum absolute atomic E-state index is 5.95. The normalized spacial score (nSPS) is 11.2. The standard InChI is InChI=1S/C17H13ClN4O/c1-11-8-12(18)6-7-15(11)23-9-16-20-17-13-4-2-3-5-14(13)19-10-22(17)21-16/h2-8,10H,9H2,1H3. The van der Waals surface area contributed by atoms with Crippen LogP contribution in [0.4, 0.5) is 0 Å². The van der Waals surface area contributed by atoms with Gasteiger partial charge in [-0.25, -0.2) is 14.5 Å². The van der Waals surface area contributed by atoms with E-state index in [1.807, 2.05) is 43.3 Å². The molecule has 0 amide bonds. The van der Waals surface area contributed by atoms with Crippen LogP contribution >= 0.6 is 11.6 Å². The van der Waals surface area contributed by atoms with Crippen LogP contribution in [-0.2, 0) is 6.61 Å². The molecule has 4 rings (SSSR count). The fraction of sp³-hybridized carbons (Fsp3) is 0.118. The van der Waals surface area contributed by atoms with Crippen molar-refractivity contribution in [1.29, 1.82) is 0 Å². The first-order valence-corrected chi connectivity index (χ1v) is 7.56. The number of rotatable bonds is 3. The van der Waals surface area contributed by atoms with Gasteiger partial charge in [0, 0.05) is 10.4 Å². The van der Waals surface area contributed by atoms with Crippen LogP contribution in [0.3, 0.4) is 0 Å². The highest BCUT2D eigenvalue weighted by Gasteiger charge is 2.09. The van der Waals surface area contributed by atoms with Crippen molar-refractivity contribution >= 4 is 28.2 Å². The summed E-state index contributed by atoms with van der Waals surface area (Å²) in [5.41, 5.74) is 2.66. The SMILES string of the molecule is Cc1cc(Cl)ccc1OCc1nc2c3ccccc3ncn2n1. The van der Waals surface area contributed by atoms with E-state index in [4.69, 9.17) is 16.3 Å². The number of fused-ring (bicyclic) bond motifs is 3. The molecule has 0 bridgehead atoms. The molecule has 0 atom stereocenters. The van der Waals surface area contributed by atoms with Gasteiger partial charge in [0.25, 0.3) is 0 Å². The Hall–Kier alpha value is -2.66. The van der Waals surface area contributed by atoms with E-state index in [2.05, 4.69) is 15.1 Å². The van der Waals surface area contributed by atoms with Gasteiger partial charge in [-0.3, -0.25) is 0 Å². The molecule has 6 heteroatoms. The van der Waals surface area contributed by atoms with Gasteiger partial charge in [0.1, 0.15) is 18.7 Å². The highest BCUT2D eigenvalue weighted by atomic mass is 35.5. The van der Waals surface area contributed by atoms with Gasteiger partial charge in [-0.15, -0.1) is 5.10 Å². The molecule has 2 aromatic heterocycles. The predicted octanol–water partition coefficient (Wildman–Crippen LogP) is 3.82. The Morgan fingerprint density at radius 3 is 2.91 bits per heavy atom. The lowest BCUT2D eigenvalue weighted by atomic mass is 10.2. The van der Waals surface area contributed by atoms with Gasteiger partial charge in [-0.1, -0.05) is 23.7 Å². The summed E-state index contributed by atoms with van der Waals surface area (Å²) < 4.78 is 7.48. The van der Waals surface area contributed by atoms with Gasteiger partial charge in [-0.2, -0.15) is 0 Å². The largest absolute Gasteiger partial charge is 0.485 e. The summed E-state index contributed by atoms with van der Waals surface area (Å²) in [7, 11) is 0. The summed E-state index contributed by atoms with van der Waals surface area (Å²) in [5.74, 6) is 1.38. The Kier molecular flexibility index (Phi) is 3.35. The van der Waals surface area contributed by atoms with E-state index in [-0.39, 0.29) is 0 Å². The van der Waals surface area contributed by atoms with E-state index in [9.17, 15) is 0 Å². The molecule has 0 fully saturated rings. The van der Waals surface area contributed by atoms with Crippen LogP contribution in [0.1, 0.15) is 11.4 Å². The van der Waals surface area contributed by atoms with Crippen LogP contribution < -0.4 is 4.74 Å². The summed E-state index contributed by atoms with van der Waals surface area (Å²) in [6.45, 7) is 2.24. The van der Waals surface area contributed by atoms with Crippen molar-refractivity contribution in [2.45, 2.75) is 13.5 Å². The third-order valence-corrected chi connectivity index (χ3v) is 3.86. The topological polar surface area (TPSA) is 52.3 Å². The number of nitrogens with zero attached hydrogens (tertiary/aromatic N) is 4. The van der Waals surface area contributed by atoms with Crippen LogP contribution in [0.15, 0.2) is 48.8 Å². The fourth-order valence-electron chi connectivity index (χ4n) is 2.50. The second kappa shape index (κ2) is 5.52. The first kappa shape index (κ1) is 14.0. The summed E-state index contributed by atoms with van der Waals surface area (Å²) in [6.07, 6.45) is 1.67. The molecule has 0 N–H and O–H groups in total. The third-order valence-electron chi connectivity index (χ3n) is 3.62. The van der Waals surface area contributed by atoms with Gasteiger partial charge in [-0.05, 0) is 42.8 Å². The zero-order chi connectivity index (χ0) is 15.8. The number of aryl methyl sites for hydroxylation is 1. The zero-order valence-electron chi connectivity index (χ0n) is 12.4. The number of para-hydroxylation sites is 1. The average Bonchev–Trinajstić information content (AvgIpc) is 2.97. The summed E-state index contributed by atoms with van der Waals surface area (Å²) in [5, 5.41) is 6.08. The third kappa shape index (κ3) is 2.59. The van der Waals surface area contributed by atoms with Crippen molar-refractivity contribution in [2.24, 2.45) is 0 Å². The lowest BCUT2D eigenvalue weighted by Gasteiger charge is -2.06. The molecular weight excluding hydrogens is 312 g/mol. The molecule has 0 aliphatic heterocycles. The van der Waals surface area contributed by atoms with Crippen LogP contribution in [0, 0.1) is 6.92 Å². The molecule has 0 unspecified atom stereocenters. The van der Waals surface area contributed by atoms with E-state index in [1.165, 1.54) is 0 Å². The fourth-order valence-corrected chi connectivity index (χ4v) is 2.73. The first-order chi connectivity index (χ1) is 11.2. The van der Waals surface area contributed by atoms with Crippen molar-refractivity contribution in [3.63, 3.8) is 0 Å². The van der Waals surface area contributed by atoms with Crippen molar-refractivity contribution in [3.8, 4) is 5.75 Å². The van der Waals surface area contributed by atoms with Crippen LogP contribution in [0.5, 0.6) is 5.75 Å². The maximum atomic E-state index is 5.95. The molecule has 0 aliphatic carbocycles. The van der Waals surface area contributed by atoms with Crippen LogP contribution in [-0.4, -0.2) is 19.6 Å². The Balaban J connectivity index is 1.65. The quantitative estimate of drug-likeness (QED) is 0.575. The summed E-state index contributed by atoms with van der Waals surface area (Å²) in [6, 6.07) is 13.4.